The van der Waals surface area contributed by atoms with Gasteiger partial charge in [0, 0.05) is 6.42 Å². The van der Waals surface area contributed by atoms with E-state index in [-0.39, 0.29) is 18.4 Å². The van der Waals surface area contributed by atoms with Crippen LogP contribution in [0, 0.1) is 17.8 Å². The molecule has 0 unspecified atom stereocenters. The van der Waals surface area contributed by atoms with Crippen molar-refractivity contribution in [2.45, 2.75) is 75.9 Å². The number of hydrogen-bond donors (Lipinski definition) is 4. The van der Waals surface area contributed by atoms with Crippen LogP contribution < -0.4 is 16.8 Å². The molecule has 2 atom stereocenters. The van der Waals surface area contributed by atoms with Gasteiger partial charge in [0.2, 0.25) is 11.8 Å². The minimum Gasteiger partial charge on any atom is -0.672 e. The maximum Gasteiger partial charge on any atom is 0.303 e. The standard InChI is InChI=1S/C10H16N.C8H15N3O4/c11-10-4-7-1-8(5-10)3-9(2-7)6-10;1-4(9)8(15)11-5(7(10)14)2-3-6(12)13/h7-9,11H,1-6H2;4-5H,2-3,9H2,1H3,(H2,10,14)(H,11,15)(H,12,13)/q-1;/t;4-,5-/m.0/s1. The quantitative estimate of drug-likeness (QED) is 0.553. The fourth-order valence-electron chi connectivity index (χ4n) is 4.97. The molecule has 8 heteroatoms. The van der Waals surface area contributed by atoms with Gasteiger partial charge in [-0.05, 0) is 50.4 Å². The van der Waals surface area contributed by atoms with E-state index in [4.69, 9.17) is 22.3 Å². The smallest absolute Gasteiger partial charge is 0.303 e. The number of aliphatic carboxylic acids is 1. The fourth-order valence-corrected chi connectivity index (χ4v) is 4.97. The third kappa shape index (κ3) is 5.67. The number of primary amides is 1. The molecule has 0 radical (unpaired) electrons. The lowest BCUT2D eigenvalue weighted by Gasteiger charge is -2.60. The molecule has 4 rings (SSSR count). The highest BCUT2D eigenvalue weighted by atomic mass is 16.4. The Bertz CT molecular complexity index is 514. The van der Waals surface area contributed by atoms with Crippen LogP contribution in [0.1, 0.15) is 58.3 Å². The van der Waals surface area contributed by atoms with Gasteiger partial charge in [-0.2, -0.15) is 0 Å². The summed E-state index contributed by atoms with van der Waals surface area (Å²) in [7, 11) is 0. The van der Waals surface area contributed by atoms with Crippen molar-refractivity contribution in [3.05, 3.63) is 5.73 Å². The first-order valence-corrected chi connectivity index (χ1v) is 9.40. The summed E-state index contributed by atoms with van der Waals surface area (Å²) in [6.07, 6.45) is 7.83. The fraction of sp³-hybridized carbons (Fsp3) is 0.833. The molecule has 0 aromatic rings. The molecule has 0 aromatic heterocycles. The van der Waals surface area contributed by atoms with Gasteiger partial charge in [-0.3, -0.25) is 14.4 Å². The Hall–Kier alpha value is -1.67. The molecule has 148 valence electrons. The molecule has 2 amide bonds. The molecule has 0 heterocycles. The first kappa shape index (κ1) is 20.6. The average molecular weight is 367 g/mol. The van der Waals surface area contributed by atoms with Gasteiger partial charge in [0.05, 0.1) is 6.04 Å². The Morgan fingerprint density at radius 1 is 1.15 bits per heavy atom. The minimum absolute atomic E-state index is 0.0386. The molecule has 8 nitrogen and oxygen atoms in total. The Labute approximate surface area is 154 Å². The van der Waals surface area contributed by atoms with E-state index in [1.807, 2.05) is 0 Å². The zero-order valence-corrected chi connectivity index (χ0v) is 15.4. The molecule has 0 aliphatic heterocycles. The van der Waals surface area contributed by atoms with E-state index >= 15 is 0 Å². The summed E-state index contributed by atoms with van der Waals surface area (Å²) in [5.74, 6) is 0.502. The van der Waals surface area contributed by atoms with Crippen LogP contribution in [-0.4, -0.2) is 40.5 Å². The summed E-state index contributed by atoms with van der Waals surface area (Å²) in [6, 6.07) is -1.75. The molecule has 0 aromatic carbocycles. The number of carbonyl (C=O) groups excluding carboxylic acids is 2. The highest BCUT2D eigenvalue weighted by molar-refractivity contribution is 5.88. The number of carbonyl (C=O) groups is 3. The number of carboxylic acid groups (broad SMARTS) is 1. The van der Waals surface area contributed by atoms with Gasteiger partial charge in [0.15, 0.2) is 0 Å². The van der Waals surface area contributed by atoms with Crippen molar-refractivity contribution in [3.8, 4) is 0 Å². The lowest BCUT2D eigenvalue weighted by Crippen LogP contribution is -2.49. The summed E-state index contributed by atoms with van der Waals surface area (Å²) in [5.41, 5.74) is 18.5. The monoisotopic (exact) mass is 367 g/mol. The van der Waals surface area contributed by atoms with Crippen molar-refractivity contribution in [2.75, 3.05) is 0 Å². The van der Waals surface area contributed by atoms with E-state index in [1.165, 1.54) is 45.4 Å². The summed E-state index contributed by atoms with van der Waals surface area (Å²) in [6.45, 7) is 1.45. The number of carboxylic acids is 1. The Kier molecular flexibility index (Phi) is 6.63. The van der Waals surface area contributed by atoms with Crippen LogP contribution in [0.4, 0.5) is 0 Å². The van der Waals surface area contributed by atoms with Gasteiger partial charge in [0.25, 0.3) is 0 Å². The Morgan fingerprint density at radius 2 is 1.62 bits per heavy atom. The van der Waals surface area contributed by atoms with E-state index in [1.54, 1.807) is 0 Å². The van der Waals surface area contributed by atoms with Crippen LogP contribution in [0.25, 0.3) is 5.73 Å². The van der Waals surface area contributed by atoms with Crippen LogP contribution in [-0.2, 0) is 14.4 Å². The second-order valence-corrected chi connectivity index (χ2v) is 8.38. The molecule has 4 aliphatic carbocycles. The van der Waals surface area contributed by atoms with E-state index in [0.29, 0.717) is 0 Å². The van der Waals surface area contributed by atoms with Gasteiger partial charge in [-0.25, -0.2) is 0 Å². The number of nitrogens with two attached hydrogens (primary N) is 2. The van der Waals surface area contributed by atoms with Gasteiger partial charge in [0.1, 0.15) is 6.04 Å². The highest BCUT2D eigenvalue weighted by Gasteiger charge is 2.44. The normalized spacial score (nSPS) is 33.6. The predicted molar refractivity (Wildman–Crippen MR) is 96.9 cm³/mol. The molecule has 4 bridgehead atoms. The molecule has 4 saturated carbocycles. The lowest BCUT2D eigenvalue weighted by molar-refractivity contribution is -0.137. The van der Waals surface area contributed by atoms with Crippen LogP contribution in [0.3, 0.4) is 0 Å². The third-order valence-corrected chi connectivity index (χ3v) is 5.76. The summed E-state index contributed by atoms with van der Waals surface area (Å²) >= 11 is 0. The molecule has 0 spiro atoms. The summed E-state index contributed by atoms with van der Waals surface area (Å²) < 4.78 is 0. The number of hydrogen-bond acceptors (Lipinski definition) is 4. The van der Waals surface area contributed by atoms with E-state index in [0.717, 1.165) is 17.8 Å². The SMILES string of the molecule is C[C@H](N)C(=O)N[C@@H](CCC(=O)O)C(N)=O.[NH-]C12CC3CC(CC(C3)C1)C2. The molecular weight excluding hydrogens is 336 g/mol. The van der Waals surface area contributed by atoms with E-state index < -0.39 is 29.9 Å². The predicted octanol–water partition coefficient (Wildman–Crippen LogP) is 1.18. The first-order valence-electron chi connectivity index (χ1n) is 9.40. The second kappa shape index (κ2) is 8.35. The van der Waals surface area contributed by atoms with Gasteiger partial charge >= 0.3 is 5.97 Å². The molecular formula is C18H31N4O4-. The topological polar surface area (TPSA) is 159 Å². The van der Waals surface area contributed by atoms with E-state index in [9.17, 15) is 14.4 Å². The maximum atomic E-state index is 11.1. The molecule has 4 aliphatic rings. The largest absolute Gasteiger partial charge is 0.672 e. The number of amides is 2. The van der Waals surface area contributed by atoms with Crippen LogP contribution >= 0.6 is 0 Å². The molecule has 0 saturated heterocycles. The average Bonchev–Trinajstić information content (AvgIpc) is 2.48. The lowest BCUT2D eigenvalue weighted by atomic mass is 9.53. The first-order chi connectivity index (χ1) is 12.1. The molecule has 7 N–H and O–H groups in total. The third-order valence-electron chi connectivity index (χ3n) is 5.76. The second-order valence-electron chi connectivity index (χ2n) is 8.38. The molecule has 26 heavy (non-hydrogen) atoms. The minimum atomic E-state index is -1.06. The van der Waals surface area contributed by atoms with E-state index in [2.05, 4.69) is 5.32 Å². The number of rotatable bonds is 6. The van der Waals surface area contributed by atoms with Gasteiger partial charge in [-0.15, -0.1) is 5.54 Å². The van der Waals surface area contributed by atoms with Crippen molar-refractivity contribution in [1.82, 2.24) is 5.32 Å². The zero-order valence-electron chi connectivity index (χ0n) is 15.4. The Morgan fingerprint density at radius 3 is 1.92 bits per heavy atom. The molecule has 4 fully saturated rings. The van der Waals surface area contributed by atoms with Gasteiger partial charge < -0.3 is 27.6 Å². The summed E-state index contributed by atoms with van der Waals surface area (Å²) in [4.78, 5) is 32.2. The maximum absolute atomic E-state index is 11.1. The summed E-state index contributed by atoms with van der Waals surface area (Å²) in [5, 5.41) is 10.7. The van der Waals surface area contributed by atoms with Crippen LogP contribution in [0.5, 0.6) is 0 Å². The van der Waals surface area contributed by atoms with Crippen LogP contribution in [0.2, 0.25) is 0 Å². The highest BCUT2D eigenvalue weighted by Crippen LogP contribution is 2.56. The van der Waals surface area contributed by atoms with Crippen molar-refractivity contribution in [3.63, 3.8) is 0 Å². The van der Waals surface area contributed by atoms with Crippen molar-refractivity contribution >= 4 is 17.8 Å². The van der Waals surface area contributed by atoms with Crippen molar-refractivity contribution < 1.29 is 19.5 Å². The van der Waals surface area contributed by atoms with Crippen LogP contribution in [0.15, 0.2) is 0 Å². The zero-order chi connectivity index (χ0) is 19.5. The van der Waals surface area contributed by atoms with Crippen molar-refractivity contribution in [1.29, 1.82) is 0 Å². The van der Waals surface area contributed by atoms with Gasteiger partial charge in [-0.1, -0.05) is 19.3 Å². The Balaban J connectivity index is 0.000000193. The van der Waals surface area contributed by atoms with Crippen molar-refractivity contribution in [2.24, 2.45) is 29.2 Å². The number of nitrogens with one attached hydrogen (secondary N) is 2.